The summed E-state index contributed by atoms with van der Waals surface area (Å²) in [5.41, 5.74) is 0. The number of likely N-dealkylation sites (N-methyl/N-ethyl adjacent to an activating group) is 1. The molecule has 2 rings (SSSR count). The summed E-state index contributed by atoms with van der Waals surface area (Å²) in [5, 5.41) is 9.33. The van der Waals surface area contributed by atoms with E-state index in [1.807, 2.05) is 23.5 Å². The lowest BCUT2D eigenvalue weighted by Crippen LogP contribution is -2.30. The third kappa shape index (κ3) is 3.71. The van der Waals surface area contributed by atoms with Gasteiger partial charge in [0.1, 0.15) is 0 Å². The molecule has 114 valence electrons. The summed E-state index contributed by atoms with van der Waals surface area (Å²) < 4.78 is 5.49. The first-order valence-corrected chi connectivity index (χ1v) is 9.36. The maximum Gasteiger partial charge on any atom is 0.231 e. The smallest absolute Gasteiger partial charge is 0.231 e. The van der Waals surface area contributed by atoms with Crippen molar-refractivity contribution in [1.29, 1.82) is 0 Å². The topological polar surface area (TPSA) is 51.0 Å². The van der Waals surface area contributed by atoms with Crippen molar-refractivity contribution in [3.05, 3.63) is 11.7 Å². The van der Waals surface area contributed by atoms with E-state index in [1.165, 1.54) is 0 Å². The predicted octanol–water partition coefficient (Wildman–Crippen LogP) is 3.47. The Morgan fingerprint density at radius 2 is 2.10 bits per heavy atom. The quantitative estimate of drug-likeness (QED) is 0.898. The van der Waals surface area contributed by atoms with Crippen LogP contribution in [0.4, 0.5) is 0 Å². The van der Waals surface area contributed by atoms with Gasteiger partial charge in [-0.1, -0.05) is 32.9 Å². The molecule has 0 saturated carbocycles. The van der Waals surface area contributed by atoms with Crippen molar-refractivity contribution < 1.29 is 4.52 Å². The van der Waals surface area contributed by atoms with Gasteiger partial charge >= 0.3 is 0 Å². The minimum absolute atomic E-state index is 0.244. The lowest BCUT2D eigenvalue weighted by molar-refractivity contribution is 0.329. The summed E-state index contributed by atoms with van der Waals surface area (Å²) in [6.45, 7) is 11.9. The summed E-state index contributed by atoms with van der Waals surface area (Å²) in [5.74, 6) is 2.94. The Kier molecular flexibility index (Phi) is 5.81. The Balaban J connectivity index is 2.01. The van der Waals surface area contributed by atoms with E-state index in [9.17, 15) is 0 Å². The fraction of sp³-hybridized carbons (Fsp3) is 0.857. The largest absolute Gasteiger partial charge is 0.339 e. The van der Waals surface area contributed by atoms with Crippen LogP contribution in [0, 0.1) is 0 Å². The van der Waals surface area contributed by atoms with Gasteiger partial charge in [0.15, 0.2) is 5.82 Å². The highest BCUT2D eigenvalue weighted by Gasteiger charge is 2.30. The van der Waals surface area contributed by atoms with Gasteiger partial charge in [-0.15, -0.1) is 11.8 Å². The average Bonchev–Trinajstić information content (AvgIpc) is 2.91. The molecule has 1 aromatic rings. The van der Waals surface area contributed by atoms with Crippen molar-refractivity contribution in [2.45, 2.75) is 62.3 Å². The van der Waals surface area contributed by atoms with Crippen molar-refractivity contribution >= 4 is 23.5 Å². The van der Waals surface area contributed by atoms with Gasteiger partial charge in [0.05, 0.1) is 11.2 Å². The number of thioether (sulfide) groups is 2. The Morgan fingerprint density at radius 3 is 2.75 bits per heavy atom. The first-order valence-electron chi connectivity index (χ1n) is 7.36. The first-order chi connectivity index (χ1) is 9.52. The van der Waals surface area contributed by atoms with Crippen LogP contribution in [-0.2, 0) is 0 Å². The summed E-state index contributed by atoms with van der Waals surface area (Å²) in [4.78, 5) is 4.64. The van der Waals surface area contributed by atoms with Crippen molar-refractivity contribution in [3.63, 3.8) is 0 Å². The second kappa shape index (κ2) is 7.18. The van der Waals surface area contributed by atoms with Crippen molar-refractivity contribution in [3.8, 4) is 0 Å². The fourth-order valence-electron chi connectivity index (χ4n) is 2.19. The molecule has 1 aliphatic heterocycles. The monoisotopic (exact) mass is 315 g/mol. The molecular weight excluding hydrogens is 290 g/mol. The number of nitrogens with zero attached hydrogens (tertiary/aromatic N) is 2. The highest BCUT2D eigenvalue weighted by molar-refractivity contribution is 8.07. The summed E-state index contributed by atoms with van der Waals surface area (Å²) in [6.07, 6.45) is 0. The number of hydrogen-bond donors (Lipinski definition) is 1. The molecule has 2 heterocycles. The van der Waals surface area contributed by atoms with Crippen LogP contribution in [-0.4, -0.2) is 39.0 Å². The minimum atomic E-state index is 0.244. The van der Waals surface area contributed by atoms with Gasteiger partial charge in [-0.25, -0.2) is 0 Å². The third-order valence-electron chi connectivity index (χ3n) is 3.96. The molecule has 0 spiro atoms. The number of rotatable bonds is 5. The second-order valence-corrected chi connectivity index (χ2v) is 8.49. The molecule has 0 bridgehead atoms. The third-order valence-corrected chi connectivity index (χ3v) is 7.35. The molecule has 1 fully saturated rings. The van der Waals surface area contributed by atoms with E-state index in [2.05, 4.69) is 50.1 Å². The van der Waals surface area contributed by atoms with Crippen molar-refractivity contribution in [1.82, 2.24) is 15.5 Å². The van der Waals surface area contributed by atoms with Crippen LogP contribution in [0.2, 0.25) is 0 Å². The van der Waals surface area contributed by atoms with Gasteiger partial charge in [-0.3, -0.25) is 0 Å². The number of nitrogens with one attached hydrogen (secondary N) is 1. The van der Waals surface area contributed by atoms with Crippen molar-refractivity contribution in [2.75, 3.05) is 12.3 Å². The summed E-state index contributed by atoms with van der Waals surface area (Å²) >= 11 is 3.98. The van der Waals surface area contributed by atoms with Crippen LogP contribution in [0.25, 0.3) is 0 Å². The minimum Gasteiger partial charge on any atom is -0.339 e. The Labute approximate surface area is 130 Å². The molecular formula is C14H25N3OS2. The van der Waals surface area contributed by atoms with Crippen molar-refractivity contribution in [2.24, 2.45) is 0 Å². The van der Waals surface area contributed by atoms with Gasteiger partial charge < -0.3 is 9.84 Å². The highest BCUT2D eigenvalue weighted by Crippen LogP contribution is 2.43. The maximum absolute atomic E-state index is 5.49. The zero-order chi connectivity index (χ0) is 14.7. The van der Waals surface area contributed by atoms with E-state index in [1.54, 1.807) is 0 Å². The molecule has 1 aliphatic rings. The molecule has 1 saturated heterocycles. The van der Waals surface area contributed by atoms with Gasteiger partial charge in [-0.05, 0) is 13.5 Å². The molecule has 1 N–H and O–H groups in total. The van der Waals surface area contributed by atoms with E-state index in [-0.39, 0.29) is 5.92 Å². The molecule has 1 aromatic heterocycles. The molecule has 0 radical (unpaired) electrons. The van der Waals surface area contributed by atoms with E-state index in [0.29, 0.717) is 21.8 Å². The zero-order valence-corrected chi connectivity index (χ0v) is 14.6. The van der Waals surface area contributed by atoms with Crippen LogP contribution in [0.5, 0.6) is 0 Å². The molecule has 4 nitrogen and oxygen atoms in total. The summed E-state index contributed by atoms with van der Waals surface area (Å²) in [6, 6.07) is 0.348. The Hall–Kier alpha value is -0.200. The second-order valence-electron chi connectivity index (χ2n) is 5.49. The van der Waals surface area contributed by atoms with E-state index in [4.69, 9.17) is 4.52 Å². The SMILES string of the molecule is CCNC(C)C(C)c1nc(C2CSC(C)C(C)S2)no1. The summed E-state index contributed by atoms with van der Waals surface area (Å²) in [7, 11) is 0. The normalized spacial score (nSPS) is 30.1. The molecule has 5 unspecified atom stereocenters. The lowest BCUT2D eigenvalue weighted by atomic mass is 10.0. The van der Waals surface area contributed by atoms with Crippen LogP contribution >= 0.6 is 23.5 Å². The first kappa shape index (κ1) is 16.2. The van der Waals surface area contributed by atoms with Crippen LogP contribution in [0.1, 0.15) is 57.5 Å². The molecule has 0 aliphatic carbocycles. The van der Waals surface area contributed by atoms with Crippen LogP contribution < -0.4 is 5.32 Å². The Morgan fingerprint density at radius 1 is 1.35 bits per heavy atom. The fourth-order valence-corrected chi connectivity index (χ4v) is 5.03. The Bertz CT molecular complexity index is 426. The molecule has 20 heavy (non-hydrogen) atoms. The van der Waals surface area contributed by atoms with Gasteiger partial charge in [0.25, 0.3) is 0 Å². The number of aromatic nitrogens is 2. The standard InChI is InChI=1S/C14H25N3OS2/c1-6-15-9(3)8(2)14-16-13(17-18-14)12-7-19-10(4)11(5)20-12/h8-12,15H,6-7H2,1-5H3. The van der Waals surface area contributed by atoms with Crippen LogP contribution in [0.3, 0.4) is 0 Å². The van der Waals surface area contributed by atoms with E-state index in [0.717, 1.165) is 24.0 Å². The molecule has 5 atom stereocenters. The molecule has 0 amide bonds. The van der Waals surface area contributed by atoms with Crippen LogP contribution in [0.15, 0.2) is 4.52 Å². The van der Waals surface area contributed by atoms with E-state index >= 15 is 0 Å². The molecule has 0 aromatic carbocycles. The van der Waals surface area contributed by atoms with Gasteiger partial charge in [0, 0.05) is 22.3 Å². The lowest BCUT2D eigenvalue weighted by Gasteiger charge is -2.29. The zero-order valence-electron chi connectivity index (χ0n) is 12.9. The number of hydrogen-bond acceptors (Lipinski definition) is 6. The molecule has 6 heteroatoms. The predicted molar refractivity (Wildman–Crippen MR) is 87.6 cm³/mol. The maximum atomic E-state index is 5.49. The average molecular weight is 316 g/mol. The van der Waals surface area contributed by atoms with Gasteiger partial charge in [0.2, 0.25) is 5.89 Å². The van der Waals surface area contributed by atoms with Gasteiger partial charge in [-0.2, -0.15) is 16.7 Å². The highest BCUT2D eigenvalue weighted by atomic mass is 32.2. The van der Waals surface area contributed by atoms with E-state index < -0.39 is 0 Å².